The molecule has 0 aromatic carbocycles. The molecule has 0 unspecified atom stereocenters. The van der Waals surface area contributed by atoms with Crippen molar-refractivity contribution in [3.8, 4) is 0 Å². The molecule has 0 aliphatic carbocycles. The number of nitrogens with zero attached hydrogens (tertiary/aromatic N) is 5. The fourth-order valence-electron chi connectivity index (χ4n) is 2.38. The first kappa shape index (κ1) is 16.6. The van der Waals surface area contributed by atoms with Gasteiger partial charge in [-0.2, -0.15) is 16.9 Å². The molecule has 1 aliphatic heterocycles. The van der Waals surface area contributed by atoms with Gasteiger partial charge in [0.1, 0.15) is 12.4 Å². The number of aliphatic imine (C=N–C) groups is 1. The average Bonchev–Trinajstić information content (AvgIpc) is 2.91. The molecule has 1 N–H and O–H groups in total. The van der Waals surface area contributed by atoms with Crippen molar-refractivity contribution in [1.82, 2.24) is 20.0 Å². The molecule has 0 bridgehead atoms. The van der Waals surface area contributed by atoms with Crippen LogP contribution in [0.1, 0.15) is 13.8 Å². The van der Waals surface area contributed by atoms with Crippen molar-refractivity contribution < 1.29 is 4.92 Å². The average molecular weight is 326 g/mol. The molecule has 1 aromatic heterocycles. The molecular formula is C13H22N6O2S. The van der Waals surface area contributed by atoms with Crippen LogP contribution in [-0.2, 0) is 6.54 Å². The third-order valence-electron chi connectivity index (χ3n) is 3.39. The van der Waals surface area contributed by atoms with Gasteiger partial charge >= 0.3 is 5.69 Å². The Kier molecular flexibility index (Phi) is 5.28. The standard InChI is InChI=1S/C13H22N6O2S/c1-13(2)10-17(6-7-22-13)12(14-3)15-4-5-18-9-11(8-16-18)19(20)21/h8-9H,4-7,10H2,1-3H3,(H,14,15). The fraction of sp³-hybridized carbons (Fsp3) is 0.692. The number of guanidine groups is 1. The zero-order valence-corrected chi connectivity index (χ0v) is 14.0. The van der Waals surface area contributed by atoms with Crippen molar-refractivity contribution in [2.24, 2.45) is 4.99 Å². The summed E-state index contributed by atoms with van der Waals surface area (Å²) in [5.41, 5.74) is 0.0131. The first-order chi connectivity index (χ1) is 10.4. The molecule has 1 fully saturated rings. The molecule has 8 nitrogen and oxygen atoms in total. The van der Waals surface area contributed by atoms with Crippen LogP contribution in [0.25, 0.3) is 0 Å². The van der Waals surface area contributed by atoms with Gasteiger partial charge in [-0.15, -0.1) is 0 Å². The third-order valence-corrected chi connectivity index (χ3v) is 4.69. The van der Waals surface area contributed by atoms with E-state index in [0.29, 0.717) is 13.1 Å². The highest BCUT2D eigenvalue weighted by atomic mass is 32.2. The number of thioether (sulfide) groups is 1. The molecule has 0 radical (unpaired) electrons. The summed E-state index contributed by atoms with van der Waals surface area (Å²) >= 11 is 1.98. The van der Waals surface area contributed by atoms with Crippen molar-refractivity contribution in [2.75, 3.05) is 32.4 Å². The van der Waals surface area contributed by atoms with E-state index >= 15 is 0 Å². The summed E-state index contributed by atoms with van der Waals surface area (Å²) in [7, 11) is 1.77. The number of nitro groups is 1. The highest BCUT2D eigenvalue weighted by molar-refractivity contribution is 8.00. The van der Waals surface area contributed by atoms with Crippen molar-refractivity contribution in [3.05, 3.63) is 22.5 Å². The van der Waals surface area contributed by atoms with Gasteiger partial charge in [-0.3, -0.25) is 19.8 Å². The van der Waals surface area contributed by atoms with Crippen LogP contribution in [0.5, 0.6) is 0 Å². The second kappa shape index (κ2) is 6.99. The maximum Gasteiger partial charge on any atom is 0.306 e. The van der Waals surface area contributed by atoms with Crippen LogP contribution in [0, 0.1) is 10.1 Å². The van der Waals surface area contributed by atoms with Gasteiger partial charge in [-0.25, -0.2) is 0 Å². The van der Waals surface area contributed by atoms with E-state index in [1.165, 1.54) is 12.4 Å². The van der Waals surface area contributed by atoms with E-state index in [9.17, 15) is 10.1 Å². The largest absolute Gasteiger partial charge is 0.354 e. The Labute approximate surface area is 134 Å². The second-order valence-corrected chi connectivity index (χ2v) is 7.52. The molecule has 9 heteroatoms. The summed E-state index contributed by atoms with van der Waals surface area (Å²) in [6.07, 6.45) is 2.70. The van der Waals surface area contributed by atoms with Gasteiger partial charge in [0.15, 0.2) is 5.96 Å². The Hall–Kier alpha value is -1.77. The van der Waals surface area contributed by atoms with Crippen molar-refractivity contribution in [2.45, 2.75) is 25.1 Å². The third kappa shape index (κ3) is 4.36. The van der Waals surface area contributed by atoms with Gasteiger partial charge in [0.25, 0.3) is 0 Å². The minimum absolute atomic E-state index is 0.0131. The Bertz CT molecular complexity index is 556. The van der Waals surface area contributed by atoms with E-state index in [4.69, 9.17) is 0 Å². The molecule has 2 rings (SSSR count). The molecule has 122 valence electrons. The van der Waals surface area contributed by atoms with Gasteiger partial charge < -0.3 is 10.2 Å². The SMILES string of the molecule is CN=C(NCCn1cc([N+](=O)[O-])cn1)N1CCSC(C)(C)C1. The number of aromatic nitrogens is 2. The van der Waals surface area contributed by atoms with Crippen molar-refractivity contribution in [3.63, 3.8) is 0 Å². The predicted octanol–water partition coefficient (Wildman–Crippen LogP) is 1.19. The van der Waals surface area contributed by atoms with E-state index in [1.54, 1.807) is 11.7 Å². The molecule has 0 spiro atoms. The van der Waals surface area contributed by atoms with Crippen LogP contribution >= 0.6 is 11.8 Å². The minimum atomic E-state index is -0.441. The molecule has 1 aliphatic rings. The first-order valence-corrected chi connectivity index (χ1v) is 8.16. The van der Waals surface area contributed by atoms with Gasteiger partial charge in [0, 0.05) is 37.2 Å². The molecule has 0 atom stereocenters. The predicted molar refractivity (Wildman–Crippen MR) is 88.4 cm³/mol. The number of rotatable bonds is 4. The Morgan fingerprint density at radius 1 is 1.64 bits per heavy atom. The highest BCUT2D eigenvalue weighted by Crippen LogP contribution is 2.29. The normalized spacial score (nSPS) is 18.3. The van der Waals surface area contributed by atoms with Crippen molar-refractivity contribution in [1.29, 1.82) is 0 Å². The highest BCUT2D eigenvalue weighted by Gasteiger charge is 2.28. The smallest absolute Gasteiger partial charge is 0.306 e. The van der Waals surface area contributed by atoms with Crippen LogP contribution in [0.3, 0.4) is 0 Å². The maximum absolute atomic E-state index is 10.6. The lowest BCUT2D eigenvalue weighted by Gasteiger charge is -2.39. The number of nitrogens with one attached hydrogen (secondary N) is 1. The topological polar surface area (TPSA) is 88.6 Å². The molecule has 22 heavy (non-hydrogen) atoms. The monoisotopic (exact) mass is 326 g/mol. The molecule has 0 saturated carbocycles. The van der Waals surface area contributed by atoms with Gasteiger partial charge in [-0.05, 0) is 13.8 Å². The maximum atomic E-state index is 10.6. The number of hydrogen-bond acceptors (Lipinski definition) is 5. The quantitative estimate of drug-likeness (QED) is 0.387. The van der Waals surface area contributed by atoms with Crippen LogP contribution in [0.2, 0.25) is 0 Å². The molecule has 1 aromatic rings. The molecule has 1 saturated heterocycles. The van der Waals surface area contributed by atoms with E-state index in [2.05, 4.69) is 34.2 Å². The lowest BCUT2D eigenvalue weighted by atomic mass is 10.2. The zero-order chi connectivity index (χ0) is 16.2. The Balaban J connectivity index is 1.85. The van der Waals surface area contributed by atoms with Crippen LogP contribution in [0.15, 0.2) is 17.4 Å². The summed E-state index contributed by atoms with van der Waals surface area (Å²) in [5, 5.41) is 17.9. The Morgan fingerprint density at radius 2 is 2.41 bits per heavy atom. The minimum Gasteiger partial charge on any atom is -0.354 e. The Morgan fingerprint density at radius 3 is 3.00 bits per heavy atom. The summed E-state index contributed by atoms with van der Waals surface area (Å²) < 4.78 is 1.78. The van der Waals surface area contributed by atoms with Gasteiger partial charge in [0.05, 0.1) is 11.5 Å². The van der Waals surface area contributed by atoms with E-state index in [0.717, 1.165) is 24.8 Å². The lowest BCUT2D eigenvalue weighted by molar-refractivity contribution is -0.385. The lowest BCUT2D eigenvalue weighted by Crippen LogP contribution is -2.51. The fourth-order valence-corrected chi connectivity index (χ4v) is 3.49. The van der Waals surface area contributed by atoms with E-state index < -0.39 is 4.92 Å². The second-order valence-electron chi connectivity index (χ2n) is 5.72. The van der Waals surface area contributed by atoms with E-state index in [1.807, 2.05) is 11.8 Å². The summed E-state index contributed by atoms with van der Waals surface area (Å²) in [6, 6.07) is 0. The van der Waals surface area contributed by atoms with Gasteiger partial charge in [0.2, 0.25) is 0 Å². The number of hydrogen-bond donors (Lipinski definition) is 1. The zero-order valence-electron chi connectivity index (χ0n) is 13.2. The summed E-state index contributed by atoms with van der Waals surface area (Å²) in [4.78, 5) is 16.8. The summed E-state index contributed by atoms with van der Waals surface area (Å²) in [5.74, 6) is 1.95. The van der Waals surface area contributed by atoms with Crippen molar-refractivity contribution >= 4 is 23.4 Å². The van der Waals surface area contributed by atoms with Crippen LogP contribution < -0.4 is 5.32 Å². The summed E-state index contributed by atoms with van der Waals surface area (Å²) in [6.45, 7) is 7.57. The van der Waals surface area contributed by atoms with Crippen LogP contribution in [0.4, 0.5) is 5.69 Å². The first-order valence-electron chi connectivity index (χ1n) is 7.18. The molecule has 2 heterocycles. The van der Waals surface area contributed by atoms with Gasteiger partial charge in [-0.1, -0.05) is 0 Å². The van der Waals surface area contributed by atoms with Crippen LogP contribution in [-0.4, -0.2) is 62.7 Å². The van der Waals surface area contributed by atoms with E-state index in [-0.39, 0.29) is 10.4 Å². The molecule has 0 amide bonds. The molecular weight excluding hydrogens is 304 g/mol.